The predicted octanol–water partition coefficient (Wildman–Crippen LogP) is 1.84. The van der Waals surface area contributed by atoms with Gasteiger partial charge in [0.25, 0.3) is 11.1 Å². The minimum atomic E-state index is -0.636. The number of amides is 2. The third kappa shape index (κ3) is 5.09. The summed E-state index contributed by atoms with van der Waals surface area (Å²) in [5, 5.41) is -0.521. The molecule has 1 saturated heterocycles. The van der Waals surface area contributed by atoms with Gasteiger partial charge in [-0.1, -0.05) is 12.1 Å². The first-order chi connectivity index (χ1) is 12.4. The summed E-state index contributed by atoms with van der Waals surface area (Å²) in [4.78, 5) is 47.8. The van der Waals surface area contributed by atoms with Crippen LogP contribution in [0.2, 0.25) is 0 Å². The summed E-state index contributed by atoms with van der Waals surface area (Å²) in [6.07, 6.45) is 1.54. The number of carbonyl (C=O) groups excluding carboxylic acids is 4. The van der Waals surface area contributed by atoms with Crippen molar-refractivity contribution in [1.29, 1.82) is 0 Å². The van der Waals surface area contributed by atoms with E-state index in [0.29, 0.717) is 11.3 Å². The summed E-state index contributed by atoms with van der Waals surface area (Å²) in [7, 11) is 1.27. The lowest BCUT2D eigenvalue weighted by molar-refractivity contribution is -0.146. The van der Waals surface area contributed by atoms with Gasteiger partial charge >= 0.3 is 11.9 Å². The molecular weight excluding hydrogens is 362 g/mol. The van der Waals surface area contributed by atoms with Crippen LogP contribution in [0, 0.1) is 0 Å². The molecule has 138 valence electrons. The number of imide groups is 1. The third-order valence-corrected chi connectivity index (χ3v) is 4.14. The van der Waals surface area contributed by atoms with Gasteiger partial charge in [-0.2, -0.15) is 0 Å². The van der Waals surface area contributed by atoms with Gasteiger partial charge in [0.15, 0.2) is 6.61 Å². The Kier molecular flexibility index (Phi) is 6.79. The highest BCUT2D eigenvalue weighted by molar-refractivity contribution is 8.18. The van der Waals surface area contributed by atoms with E-state index in [9.17, 15) is 19.2 Å². The van der Waals surface area contributed by atoms with Crippen LogP contribution in [0.15, 0.2) is 29.2 Å². The quantitative estimate of drug-likeness (QED) is 0.523. The number of esters is 2. The van der Waals surface area contributed by atoms with Crippen LogP contribution in [-0.4, -0.2) is 54.9 Å². The Morgan fingerprint density at radius 1 is 1.15 bits per heavy atom. The predicted molar refractivity (Wildman–Crippen MR) is 93.3 cm³/mol. The Morgan fingerprint density at radius 3 is 2.46 bits per heavy atom. The molecule has 0 spiro atoms. The van der Waals surface area contributed by atoms with E-state index in [-0.39, 0.29) is 18.1 Å². The maximum absolute atomic E-state index is 12.3. The van der Waals surface area contributed by atoms with Gasteiger partial charge in [-0.3, -0.25) is 19.3 Å². The molecule has 0 aromatic heterocycles. The zero-order valence-electron chi connectivity index (χ0n) is 14.2. The number of methoxy groups -OCH3 is 1. The normalized spacial score (nSPS) is 15.3. The van der Waals surface area contributed by atoms with Crippen molar-refractivity contribution in [3.8, 4) is 5.75 Å². The van der Waals surface area contributed by atoms with Crippen molar-refractivity contribution in [2.45, 2.75) is 6.92 Å². The summed E-state index contributed by atoms with van der Waals surface area (Å²) in [6, 6.07) is 6.59. The Morgan fingerprint density at radius 2 is 1.85 bits per heavy atom. The second-order valence-corrected chi connectivity index (χ2v) is 6.00. The molecule has 2 amide bonds. The van der Waals surface area contributed by atoms with Crippen molar-refractivity contribution in [2.75, 3.05) is 26.9 Å². The average molecular weight is 379 g/mol. The van der Waals surface area contributed by atoms with Crippen molar-refractivity contribution >= 4 is 40.9 Å². The highest BCUT2D eigenvalue weighted by Gasteiger charge is 2.36. The van der Waals surface area contributed by atoms with Gasteiger partial charge in [0.1, 0.15) is 12.3 Å². The zero-order valence-corrected chi connectivity index (χ0v) is 15.0. The van der Waals surface area contributed by atoms with Crippen LogP contribution in [0.4, 0.5) is 4.79 Å². The van der Waals surface area contributed by atoms with Gasteiger partial charge in [-0.15, -0.1) is 0 Å². The lowest BCUT2D eigenvalue weighted by Crippen LogP contribution is -2.34. The van der Waals surface area contributed by atoms with E-state index < -0.39 is 29.6 Å². The van der Waals surface area contributed by atoms with Crippen LogP contribution in [0.3, 0.4) is 0 Å². The van der Waals surface area contributed by atoms with Crippen molar-refractivity contribution < 1.29 is 33.4 Å². The highest BCUT2D eigenvalue weighted by atomic mass is 32.2. The summed E-state index contributed by atoms with van der Waals surface area (Å²) >= 11 is 0.756. The topological polar surface area (TPSA) is 99.2 Å². The summed E-state index contributed by atoms with van der Waals surface area (Å²) in [5.41, 5.74) is 0.664. The molecule has 1 aliphatic heterocycles. The molecule has 1 aromatic carbocycles. The van der Waals surface area contributed by atoms with E-state index >= 15 is 0 Å². The zero-order chi connectivity index (χ0) is 19.1. The molecule has 0 unspecified atom stereocenters. The molecule has 0 radical (unpaired) electrons. The van der Waals surface area contributed by atoms with E-state index in [1.165, 1.54) is 7.11 Å². The van der Waals surface area contributed by atoms with Crippen molar-refractivity contribution in [1.82, 2.24) is 4.90 Å². The van der Waals surface area contributed by atoms with Gasteiger partial charge in [0.05, 0.1) is 18.6 Å². The molecule has 8 nitrogen and oxygen atoms in total. The fraction of sp³-hybridized carbons (Fsp3) is 0.294. The molecular formula is C17H17NO7S. The monoisotopic (exact) mass is 379 g/mol. The molecule has 9 heteroatoms. The SMILES string of the molecule is CCOC(=O)CN1C(=O)S/C(=C\c2ccc(OCC(=O)OC)cc2)C1=O. The second kappa shape index (κ2) is 9.04. The molecule has 1 fully saturated rings. The first-order valence-corrected chi connectivity index (χ1v) is 8.47. The van der Waals surface area contributed by atoms with E-state index in [2.05, 4.69) is 4.74 Å². The van der Waals surface area contributed by atoms with Crippen molar-refractivity contribution in [2.24, 2.45) is 0 Å². The van der Waals surface area contributed by atoms with E-state index in [4.69, 9.17) is 9.47 Å². The fourth-order valence-electron chi connectivity index (χ4n) is 1.98. The Bertz CT molecular complexity index is 742. The smallest absolute Gasteiger partial charge is 0.343 e. The molecule has 1 heterocycles. The molecule has 1 aromatic rings. The molecule has 0 N–H and O–H groups in total. The molecule has 0 atom stereocenters. The van der Waals surface area contributed by atoms with Crippen LogP contribution in [-0.2, 0) is 23.9 Å². The van der Waals surface area contributed by atoms with E-state index in [0.717, 1.165) is 16.7 Å². The third-order valence-electron chi connectivity index (χ3n) is 3.23. The second-order valence-electron chi connectivity index (χ2n) is 5.01. The molecule has 0 aliphatic carbocycles. The first-order valence-electron chi connectivity index (χ1n) is 7.65. The summed E-state index contributed by atoms with van der Waals surface area (Å²) in [6.45, 7) is 1.21. The Hall–Kier alpha value is -2.81. The highest BCUT2D eigenvalue weighted by Crippen LogP contribution is 2.32. The molecule has 26 heavy (non-hydrogen) atoms. The van der Waals surface area contributed by atoms with Crippen molar-refractivity contribution in [3.63, 3.8) is 0 Å². The standard InChI is InChI=1S/C17H17NO7S/c1-3-24-14(19)9-18-16(21)13(26-17(18)22)8-11-4-6-12(7-5-11)25-10-15(20)23-2/h4-8H,3,9-10H2,1-2H3/b13-8-. The number of carbonyl (C=O) groups is 4. The molecule has 0 bridgehead atoms. The lowest BCUT2D eigenvalue weighted by Gasteiger charge is -2.10. The van der Waals surface area contributed by atoms with E-state index in [1.54, 1.807) is 37.3 Å². The molecule has 2 rings (SSSR count). The maximum atomic E-state index is 12.3. The number of rotatable bonds is 7. The lowest BCUT2D eigenvalue weighted by atomic mass is 10.2. The van der Waals surface area contributed by atoms with Gasteiger partial charge in [-0.05, 0) is 42.5 Å². The van der Waals surface area contributed by atoms with Crippen LogP contribution < -0.4 is 4.74 Å². The van der Waals surface area contributed by atoms with Gasteiger partial charge in [0, 0.05) is 0 Å². The minimum Gasteiger partial charge on any atom is -0.482 e. The fourth-order valence-corrected chi connectivity index (χ4v) is 2.82. The largest absolute Gasteiger partial charge is 0.482 e. The Balaban J connectivity index is 2.03. The summed E-state index contributed by atoms with van der Waals surface area (Å²) in [5.74, 6) is -1.21. The number of nitrogens with zero attached hydrogens (tertiary/aromatic N) is 1. The number of hydrogen-bond donors (Lipinski definition) is 0. The van der Waals surface area contributed by atoms with Gasteiger partial charge in [0.2, 0.25) is 0 Å². The van der Waals surface area contributed by atoms with E-state index in [1.807, 2.05) is 0 Å². The van der Waals surface area contributed by atoms with Crippen LogP contribution in [0.25, 0.3) is 6.08 Å². The van der Waals surface area contributed by atoms with Gasteiger partial charge in [-0.25, -0.2) is 4.79 Å². The van der Waals surface area contributed by atoms with Gasteiger partial charge < -0.3 is 14.2 Å². The number of ether oxygens (including phenoxy) is 3. The number of hydrogen-bond acceptors (Lipinski definition) is 8. The number of thioether (sulfide) groups is 1. The maximum Gasteiger partial charge on any atom is 0.343 e. The van der Waals surface area contributed by atoms with Crippen LogP contribution in [0.1, 0.15) is 12.5 Å². The minimum absolute atomic E-state index is 0.176. The van der Waals surface area contributed by atoms with Crippen LogP contribution in [0.5, 0.6) is 5.75 Å². The van der Waals surface area contributed by atoms with Crippen LogP contribution >= 0.6 is 11.8 Å². The summed E-state index contributed by atoms with van der Waals surface area (Å²) < 4.78 is 14.5. The average Bonchev–Trinajstić information content (AvgIpc) is 2.88. The van der Waals surface area contributed by atoms with Crippen molar-refractivity contribution in [3.05, 3.63) is 34.7 Å². The molecule has 0 saturated carbocycles. The molecule has 1 aliphatic rings. The Labute approximate surface area is 154 Å². The first kappa shape index (κ1) is 19.5. The number of benzene rings is 1.